The third kappa shape index (κ3) is 6.67. The fourth-order valence-electron chi connectivity index (χ4n) is 2.99. The maximum Gasteiger partial charge on any atom is 0.410 e. The van der Waals surface area contributed by atoms with E-state index >= 15 is 0 Å². The first kappa shape index (κ1) is 23.0. The highest BCUT2D eigenvalue weighted by molar-refractivity contribution is 6.42. The van der Waals surface area contributed by atoms with E-state index < -0.39 is 5.60 Å². The molecule has 0 saturated carbocycles. The van der Waals surface area contributed by atoms with Crippen LogP contribution in [0, 0.1) is 0 Å². The van der Waals surface area contributed by atoms with Crippen LogP contribution >= 0.6 is 23.2 Å². The van der Waals surface area contributed by atoms with Gasteiger partial charge in [-0.3, -0.25) is 9.78 Å². The van der Waals surface area contributed by atoms with Crippen molar-refractivity contribution in [2.75, 3.05) is 18.4 Å². The summed E-state index contributed by atoms with van der Waals surface area (Å²) in [7, 11) is 0. The lowest BCUT2D eigenvalue weighted by Gasteiger charge is -2.30. The Balaban J connectivity index is 1.59. The van der Waals surface area contributed by atoms with Crippen molar-refractivity contribution in [3.8, 4) is 0 Å². The zero-order valence-corrected chi connectivity index (χ0v) is 19.1. The Morgan fingerprint density at radius 2 is 1.94 bits per heavy atom. The third-order valence-electron chi connectivity index (χ3n) is 4.40. The number of nitrogens with zero attached hydrogens (tertiary/aromatic N) is 3. The molecule has 31 heavy (non-hydrogen) atoms. The first-order valence-electron chi connectivity index (χ1n) is 9.84. The van der Waals surface area contributed by atoms with Crippen LogP contribution in [-0.4, -0.2) is 45.6 Å². The lowest BCUT2D eigenvalue weighted by molar-refractivity contribution is -0.115. The van der Waals surface area contributed by atoms with E-state index in [1.165, 1.54) is 12.3 Å². The van der Waals surface area contributed by atoms with Crippen LogP contribution in [0.3, 0.4) is 0 Å². The summed E-state index contributed by atoms with van der Waals surface area (Å²) >= 11 is 11.8. The molecule has 1 aliphatic heterocycles. The maximum atomic E-state index is 12.3. The van der Waals surface area contributed by atoms with E-state index in [9.17, 15) is 9.59 Å². The van der Waals surface area contributed by atoms with Gasteiger partial charge in [-0.2, -0.15) is 0 Å². The van der Waals surface area contributed by atoms with Crippen molar-refractivity contribution in [3.05, 3.63) is 58.0 Å². The Labute approximate surface area is 191 Å². The minimum Gasteiger partial charge on any atom is -0.444 e. The van der Waals surface area contributed by atoms with Crippen molar-refractivity contribution in [1.29, 1.82) is 0 Å². The summed E-state index contributed by atoms with van der Waals surface area (Å²) in [6.07, 6.45) is 5.65. The number of aromatic nitrogens is 2. The summed E-state index contributed by atoms with van der Waals surface area (Å²) in [5.74, 6) is 0.0898. The van der Waals surface area contributed by atoms with Gasteiger partial charge in [0, 0.05) is 25.0 Å². The molecular weight excluding hydrogens is 439 g/mol. The van der Waals surface area contributed by atoms with Gasteiger partial charge in [-0.15, -0.1) is 0 Å². The number of hydrogen-bond acceptors (Lipinski definition) is 5. The van der Waals surface area contributed by atoms with E-state index in [0.29, 0.717) is 29.0 Å². The zero-order chi connectivity index (χ0) is 22.6. The van der Waals surface area contributed by atoms with E-state index in [0.717, 1.165) is 23.3 Å². The van der Waals surface area contributed by atoms with Gasteiger partial charge in [-0.25, -0.2) is 9.78 Å². The van der Waals surface area contributed by atoms with Crippen LogP contribution in [0.1, 0.15) is 38.4 Å². The van der Waals surface area contributed by atoms with Crippen LogP contribution in [-0.2, 0) is 16.0 Å². The molecule has 0 spiro atoms. The second kappa shape index (κ2) is 9.66. The highest BCUT2D eigenvalue weighted by Gasteiger charge is 2.25. The van der Waals surface area contributed by atoms with Gasteiger partial charge in [0.25, 0.3) is 0 Å². The molecule has 0 saturated heterocycles. The normalized spacial score (nSPS) is 14.1. The Morgan fingerprint density at radius 3 is 2.58 bits per heavy atom. The van der Waals surface area contributed by atoms with Crippen LogP contribution in [0.15, 0.2) is 36.7 Å². The Kier molecular flexibility index (Phi) is 7.18. The smallest absolute Gasteiger partial charge is 0.410 e. The molecule has 9 heteroatoms. The topological polar surface area (TPSA) is 84.4 Å². The SMILES string of the molecule is CC(C)(C)OC(=O)N1CCC=C(c2ccc(CC(=O)Nc3cc(Cl)c(Cl)cn3)cn2)C1. The molecule has 2 aromatic heterocycles. The number of amides is 2. The molecule has 7 nitrogen and oxygen atoms in total. The Hall–Kier alpha value is -2.64. The van der Waals surface area contributed by atoms with Gasteiger partial charge in [-0.1, -0.05) is 35.3 Å². The van der Waals surface area contributed by atoms with Gasteiger partial charge in [0.15, 0.2) is 0 Å². The van der Waals surface area contributed by atoms with Crippen molar-refractivity contribution >= 4 is 46.6 Å². The zero-order valence-electron chi connectivity index (χ0n) is 17.6. The van der Waals surface area contributed by atoms with Crippen LogP contribution < -0.4 is 5.32 Å². The monoisotopic (exact) mass is 462 g/mol. The van der Waals surface area contributed by atoms with Gasteiger partial charge in [0.05, 0.1) is 28.7 Å². The van der Waals surface area contributed by atoms with Crippen molar-refractivity contribution in [3.63, 3.8) is 0 Å². The van der Waals surface area contributed by atoms with Crippen molar-refractivity contribution in [1.82, 2.24) is 14.9 Å². The third-order valence-corrected chi connectivity index (χ3v) is 5.11. The summed E-state index contributed by atoms with van der Waals surface area (Å²) < 4.78 is 5.46. The fourth-order valence-corrected chi connectivity index (χ4v) is 3.24. The number of rotatable bonds is 4. The molecule has 0 aliphatic carbocycles. The molecule has 0 radical (unpaired) electrons. The number of hydrogen-bond donors (Lipinski definition) is 1. The number of nitrogens with one attached hydrogen (secondary N) is 1. The predicted octanol–water partition coefficient (Wildman–Crippen LogP) is 4.99. The number of carbonyl (C=O) groups excluding carboxylic acids is 2. The van der Waals surface area contributed by atoms with E-state index in [4.69, 9.17) is 27.9 Å². The molecule has 2 amide bonds. The fraction of sp³-hybridized carbons (Fsp3) is 0.364. The number of halogens is 2. The van der Waals surface area contributed by atoms with Crippen molar-refractivity contribution in [2.24, 2.45) is 0 Å². The standard InChI is InChI=1S/C22H24Cl2N4O3/c1-22(2,3)31-21(30)28-8-4-5-15(13-28)18-7-6-14(11-25-18)9-20(29)27-19-10-16(23)17(24)12-26-19/h5-7,10-12H,4,8-9,13H2,1-3H3,(H,26,27,29). The van der Waals surface area contributed by atoms with Gasteiger partial charge >= 0.3 is 6.09 Å². The van der Waals surface area contributed by atoms with Gasteiger partial charge in [0.2, 0.25) is 5.91 Å². The summed E-state index contributed by atoms with van der Waals surface area (Å²) in [4.78, 5) is 34.8. The summed E-state index contributed by atoms with van der Waals surface area (Å²) in [5.41, 5.74) is 1.93. The van der Waals surface area contributed by atoms with Crippen LogP contribution in [0.4, 0.5) is 10.6 Å². The molecule has 0 fully saturated rings. The number of ether oxygens (including phenoxy) is 1. The van der Waals surface area contributed by atoms with E-state index in [1.54, 1.807) is 11.1 Å². The summed E-state index contributed by atoms with van der Waals surface area (Å²) in [6.45, 7) is 6.59. The molecule has 164 valence electrons. The first-order valence-corrected chi connectivity index (χ1v) is 10.6. The largest absolute Gasteiger partial charge is 0.444 e. The maximum absolute atomic E-state index is 12.3. The van der Waals surface area contributed by atoms with Crippen molar-refractivity contribution < 1.29 is 14.3 Å². The molecule has 2 aromatic rings. The Morgan fingerprint density at radius 1 is 1.16 bits per heavy atom. The van der Waals surface area contributed by atoms with Gasteiger partial charge in [0.1, 0.15) is 11.4 Å². The highest BCUT2D eigenvalue weighted by atomic mass is 35.5. The molecule has 1 aliphatic rings. The molecule has 0 aromatic carbocycles. The lowest BCUT2D eigenvalue weighted by atomic mass is 10.0. The molecule has 0 bridgehead atoms. The quantitative estimate of drug-likeness (QED) is 0.691. The van der Waals surface area contributed by atoms with E-state index in [1.807, 2.05) is 32.9 Å². The second-order valence-electron chi connectivity index (χ2n) is 8.18. The number of carbonyl (C=O) groups is 2. The second-order valence-corrected chi connectivity index (χ2v) is 8.99. The average molecular weight is 463 g/mol. The summed E-state index contributed by atoms with van der Waals surface area (Å²) in [5, 5.41) is 3.32. The minimum absolute atomic E-state index is 0.137. The predicted molar refractivity (Wildman–Crippen MR) is 121 cm³/mol. The first-order chi connectivity index (χ1) is 14.6. The van der Waals surface area contributed by atoms with Crippen LogP contribution in [0.25, 0.3) is 5.57 Å². The van der Waals surface area contributed by atoms with Crippen molar-refractivity contribution in [2.45, 2.75) is 39.2 Å². The highest BCUT2D eigenvalue weighted by Crippen LogP contribution is 2.23. The molecular formula is C22H24Cl2N4O3. The van der Waals surface area contributed by atoms with E-state index in [2.05, 4.69) is 21.4 Å². The Bertz CT molecular complexity index is 1000. The molecule has 3 rings (SSSR count). The molecule has 0 atom stereocenters. The van der Waals surface area contributed by atoms with Crippen LogP contribution in [0.2, 0.25) is 10.0 Å². The average Bonchev–Trinajstić information content (AvgIpc) is 2.70. The van der Waals surface area contributed by atoms with Gasteiger partial charge in [-0.05, 0) is 44.4 Å². The molecule has 1 N–H and O–H groups in total. The lowest BCUT2D eigenvalue weighted by Crippen LogP contribution is -2.39. The molecule has 0 unspecified atom stereocenters. The van der Waals surface area contributed by atoms with Crippen LogP contribution in [0.5, 0.6) is 0 Å². The molecule has 3 heterocycles. The van der Waals surface area contributed by atoms with Gasteiger partial charge < -0.3 is 15.0 Å². The summed E-state index contributed by atoms with van der Waals surface area (Å²) in [6, 6.07) is 5.19. The minimum atomic E-state index is -0.536. The number of pyridine rings is 2. The number of anilines is 1. The van der Waals surface area contributed by atoms with E-state index in [-0.39, 0.29) is 18.4 Å².